The summed E-state index contributed by atoms with van der Waals surface area (Å²) in [6, 6.07) is 83.6. The first kappa shape index (κ1) is 32.5. The van der Waals surface area contributed by atoms with Gasteiger partial charge in [-0.2, -0.15) is 0 Å². The van der Waals surface area contributed by atoms with Crippen molar-refractivity contribution < 1.29 is 0 Å². The van der Waals surface area contributed by atoms with E-state index in [-0.39, 0.29) is 0 Å². The van der Waals surface area contributed by atoms with Crippen molar-refractivity contribution >= 4 is 51.2 Å². The SMILES string of the molecule is c1ccc(N2c3ccccc3C3(c4ccccc42)c2ccccc2N2c4ccccc4C4(c5ccccc5N(c5ccccc5)c5ccccc54)c4cccc3c42)cc1. The minimum Gasteiger partial charge on any atom is -0.310 e. The average Bonchev–Trinajstić information content (AvgIpc) is 3.31. The van der Waals surface area contributed by atoms with Crippen LogP contribution in [0.15, 0.2) is 224 Å². The topological polar surface area (TPSA) is 9.72 Å². The normalized spacial score (nSPS) is 15.3. The van der Waals surface area contributed by atoms with Crippen LogP contribution in [-0.4, -0.2) is 0 Å². The molecule has 3 nitrogen and oxygen atoms in total. The van der Waals surface area contributed by atoms with Crippen molar-refractivity contribution in [3.8, 4) is 0 Å². The van der Waals surface area contributed by atoms with Crippen LogP contribution in [0.25, 0.3) is 0 Å². The molecule has 0 saturated heterocycles. The molecule has 0 saturated carbocycles. The van der Waals surface area contributed by atoms with Gasteiger partial charge < -0.3 is 14.7 Å². The van der Waals surface area contributed by atoms with E-state index in [1.54, 1.807) is 0 Å². The van der Waals surface area contributed by atoms with E-state index in [4.69, 9.17) is 0 Å². The second-order valence-electron chi connectivity index (χ2n) is 16.0. The van der Waals surface area contributed by atoms with Crippen LogP contribution < -0.4 is 14.7 Å². The Hall–Kier alpha value is -7.62. The summed E-state index contributed by atoms with van der Waals surface area (Å²) in [6.45, 7) is 0. The molecule has 276 valence electrons. The summed E-state index contributed by atoms with van der Waals surface area (Å²) in [5.74, 6) is 0. The van der Waals surface area contributed by atoms with Crippen LogP contribution in [0.1, 0.15) is 44.5 Å². The Labute approximate surface area is 344 Å². The summed E-state index contributed by atoms with van der Waals surface area (Å²) >= 11 is 0. The zero-order valence-electron chi connectivity index (χ0n) is 32.2. The number of rotatable bonds is 2. The molecule has 4 aliphatic heterocycles. The lowest BCUT2D eigenvalue weighted by Crippen LogP contribution is -2.47. The highest BCUT2D eigenvalue weighted by molar-refractivity contribution is 6.02. The van der Waals surface area contributed by atoms with Gasteiger partial charge in [-0.3, -0.25) is 0 Å². The van der Waals surface area contributed by atoms with Crippen molar-refractivity contribution in [3.05, 3.63) is 269 Å². The lowest BCUT2D eigenvalue weighted by molar-refractivity contribution is 0.680. The van der Waals surface area contributed by atoms with Crippen molar-refractivity contribution in [3.63, 3.8) is 0 Å². The van der Waals surface area contributed by atoms with Gasteiger partial charge in [0.1, 0.15) is 0 Å². The van der Waals surface area contributed by atoms with Gasteiger partial charge in [-0.25, -0.2) is 0 Å². The van der Waals surface area contributed by atoms with Gasteiger partial charge in [-0.15, -0.1) is 0 Å². The maximum Gasteiger partial charge on any atom is 0.0783 e. The molecule has 9 aromatic rings. The molecule has 3 heteroatoms. The Kier molecular flexibility index (Phi) is 6.58. The first-order valence-corrected chi connectivity index (χ1v) is 20.5. The third kappa shape index (κ3) is 3.97. The second kappa shape index (κ2) is 12.0. The number of para-hydroxylation sites is 9. The fraction of sp³-hybridized carbons (Fsp3) is 0.0357. The highest BCUT2D eigenvalue weighted by Crippen LogP contribution is 2.70. The van der Waals surface area contributed by atoms with Crippen molar-refractivity contribution in [2.75, 3.05) is 14.7 Å². The number of nitrogens with zero attached hydrogens (tertiary/aromatic N) is 3. The summed E-state index contributed by atoms with van der Waals surface area (Å²) in [5, 5.41) is 0. The summed E-state index contributed by atoms with van der Waals surface area (Å²) in [4.78, 5) is 7.52. The average molecular weight is 752 g/mol. The molecule has 0 unspecified atom stereocenters. The van der Waals surface area contributed by atoms with E-state index >= 15 is 0 Å². The van der Waals surface area contributed by atoms with Gasteiger partial charge in [0, 0.05) is 11.4 Å². The van der Waals surface area contributed by atoms with E-state index in [0.29, 0.717) is 0 Å². The van der Waals surface area contributed by atoms with Crippen LogP contribution in [-0.2, 0) is 10.8 Å². The third-order valence-electron chi connectivity index (χ3n) is 13.4. The van der Waals surface area contributed by atoms with Crippen molar-refractivity contribution in [2.45, 2.75) is 10.8 Å². The van der Waals surface area contributed by atoms with Crippen molar-refractivity contribution in [1.82, 2.24) is 0 Å². The molecule has 59 heavy (non-hydrogen) atoms. The highest BCUT2D eigenvalue weighted by Gasteiger charge is 2.58. The standard InChI is InChI=1S/C56H37N3/c1-3-20-38(21-4-1)57-48-32-13-7-24-40(48)55(41-25-8-14-33-49(41)57)44-28-11-17-36-52(44)59-53-37-18-12-29-45(53)56(47-31-19-30-46(55)54(47)59)42-26-9-15-34-50(42)58(39-22-5-2-6-23-39)51-35-16-10-27-43(51)56/h1-37H. The fourth-order valence-corrected chi connectivity index (χ4v) is 11.4. The molecule has 4 heterocycles. The summed E-state index contributed by atoms with van der Waals surface area (Å²) < 4.78 is 0. The number of hydrogen-bond donors (Lipinski definition) is 0. The maximum absolute atomic E-state index is 2.59. The number of anilines is 9. The largest absolute Gasteiger partial charge is 0.310 e. The Bertz CT molecular complexity index is 2810. The number of fused-ring (bicyclic) bond motifs is 16. The molecule has 4 aliphatic rings. The van der Waals surface area contributed by atoms with Gasteiger partial charge in [0.2, 0.25) is 0 Å². The van der Waals surface area contributed by atoms with Crippen LogP contribution >= 0.6 is 0 Å². The zero-order valence-corrected chi connectivity index (χ0v) is 32.2. The molecular formula is C56H37N3. The summed E-state index contributed by atoms with van der Waals surface area (Å²) in [7, 11) is 0. The van der Waals surface area contributed by atoms with E-state index in [9.17, 15) is 0 Å². The lowest BCUT2D eigenvalue weighted by Gasteiger charge is -2.56. The third-order valence-corrected chi connectivity index (χ3v) is 13.4. The van der Waals surface area contributed by atoms with E-state index < -0.39 is 10.8 Å². The molecule has 0 bridgehead atoms. The monoisotopic (exact) mass is 751 g/mol. The van der Waals surface area contributed by atoms with E-state index in [2.05, 4.69) is 239 Å². The second-order valence-corrected chi connectivity index (χ2v) is 16.0. The van der Waals surface area contributed by atoms with Crippen LogP contribution in [0.4, 0.5) is 51.2 Å². The Balaban J connectivity index is 1.20. The Morgan fingerprint density at radius 3 is 0.746 bits per heavy atom. The minimum atomic E-state index is -0.631. The number of hydrogen-bond acceptors (Lipinski definition) is 3. The van der Waals surface area contributed by atoms with E-state index in [0.717, 1.165) is 11.4 Å². The lowest BCUT2D eigenvalue weighted by atomic mass is 9.55. The molecule has 2 spiro atoms. The van der Waals surface area contributed by atoms with Crippen LogP contribution in [0.3, 0.4) is 0 Å². The molecule has 0 atom stereocenters. The number of benzene rings is 9. The van der Waals surface area contributed by atoms with Gasteiger partial charge >= 0.3 is 0 Å². The van der Waals surface area contributed by atoms with Crippen LogP contribution in [0.2, 0.25) is 0 Å². The van der Waals surface area contributed by atoms with Crippen LogP contribution in [0.5, 0.6) is 0 Å². The van der Waals surface area contributed by atoms with E-state index in [1.165, 1.54) is 84.3 Å². The molecule has 0 aromatic heterocycles. The highest BCUT2D eigenvalue weighted by atomic mass is 15.2. The predicted molar refractivity (Wildman–Crippen MR) is 241 cm³/mol. The predicted octanol–water partition coefficient (Wildman–Crippen LogP) is 14.1. The molecule has 0 radical (unpaired) electrons. The zero-order chi connectivity index (χ0) is 38.7. The maximum atomic E-state index is 2.59. The minimum absolute atomic E-state index is 0.631. The van der Waals surface area contributed by atoms with Gasteiger partial charge in [0.25, 0.3) is 0 Å². The molecule has 13 rings (SSSR count). The fourth-order valence-electron chi connectivity index (χ4n) is 11.4. The molecular weight excluding hydrogens is 715 g/mol. The molecule has 0 fully saturated rings. The van der Waals surface area contributed by atoms with Gasteiger partial charge in [0.15, 0.2) is 0 Å². The molecule has 0 aliphatic carbocycles. The molecule has 9 aromatic carbocycles. The van der Waals surface area contributed by atoms with Gasteiger partial charge in [-0.05, 0) is 105 Å². The summed E-state index contributed by atoms with van der Waals surface area (Å²) in [6.07, 6.45) is 0. The van der Waals surface area contributed by atoms with Crippen LogP contribution in [0, 0.1) is 0 Å². The first-order chi connectivity index (χ1) is 29.3. The van der Waals surface area contributed by atoms with Gasteiger partial charge in [0.05, 0.1) is 50.6 Å². The first-order valence-electron chi connectivity index (χ1n) is 20.5. The molecule has 0 amide bonds. The Morgan fingerprint density at radius 1 is 0.203 bits per heavy atom. The quantitative estimate of drug-likeness (QED) is 0.174. The van der Waals surface area contributed by atoms with E-state index in [1.807, 2.05) is 0 Å². The van der Waals surface area contributed by atoms with Crippen molar-refractivity contribution in [1.29, 1.82) is 0 Å². The smallest absolute Gasteiger partial charge is 0.0783 e. The van der Waals surface area contributed by atoms with Gasteiger partial charge in [-0.1, -0.05) is 164 Å². The van der Waals surface area contributed by atoms with Crippen molar-refractivity contribution in [2.24, 2.45) is 0 Å². The Morgan fingerprint density at radius 2 is 0.441 bits per heavy atom. The molecule has 0 N–H and O–H groups in total. The summed E-state index contributed by atoms with van der Waals surface area (Å²) in [5.41, 5.74) is 19.7.